The minimum Gasteiger partial charge on any atom is -0.469 e. The van der Waals surface area contributed by atoms with Gasteiger partial charge in [0.1, 0.15) is 5.71 Å². The van der Waals surface area contributed by atoms with Crippen LogP contribution in [0, 0.1) is 5.92 Å². The van der Waals surface area contributed by atoms with E-state index in [-0.39, 0.29) is 30.7 Å². The molecule has 1 heterocycles. The summed E-state index contributed by atoms with van der Waals surface area (Å²) in [6, 6.07) is 0. The van der Waals surface area contributed by atoms with Crippen molar-refractivity contribution in [3.05, 3.63) is 0 Å². The minimum absolute atomic E-state index is 0.197. The molecule has 0 aromatic carbocycles. The molecular formula is C11H17N3O4. The molecule has 1 unspecified atom stereocenters. The van der Waals surface area contributed by atoms with Crippen LogP contribution in [0.15, 0.2) is 5.10 Å². The number of nitrogens with zero attached hydrogens (tertiary/aromatic N) is 2. The van der Waals surface area contributed by atoms with E-state index in [4.69, 9.17) is 0 Å². The lowest BCUT2D eigenvalue weighted by atomic mass is 10.1. The number of ether oxygens (including phenoxy) is 1. The fourth-order valence-electron chi connectivity index (χ4n) is 1.62. The van der Waals surface area contributed by atoms with E-state index in [1.165, 1.54) is 12.0 Å². The third-order valence-electron chi connectivity index (χ3n) is 2.65. The van der Waals surface area contributed by atoms with E-state index in [1.54, 1.807) is 14.0 Å². The Balaban J connectivity index is 2.56. The Kier molecular flexibility index (Phi) is 4.82. The predicted molar refractivity (Wildman–Crippen MR) is 63.6 cm³/mol. The van der Waals surface area contributed by atoms with E-state index >= 15 is 0 Å². The molecule has 0 bridgehead atoms. The van der Waals surface area contributed by atoms with Crippen LogP contribution in [0.4, 0.5) is 0 Å². The molecule has 0 saturated heterocycles. The van der Waals surface area contributed by atoms with Crippen molar-refractivity contribution in [3.63, 3.8) is 0 Å². The van der Waals surface area contributed by atoms with Crippen molar-refractivity contribution in [1.82, 2.24) is 10.3 Å². The zero-order valence-electron chi connectivity index (χ0n) is 10.7. The molecule has 1 atom stereocenters. The molecule has 1 N–H and O–H groups in total. The predicted octanol–water partition coefficient (Wildman–Crippen LogP) is -0.480. The van der Waals surface area contributed by atoms with Crippen LogP contribution < -0.4 is 5.43 Å². The van der Waals surface area contributed by atoms with Crippen LogP contribution >= 0.6 is 0 Å². The summed E-state index contributed by atoms with van der Waals surface area (Å²) < 4.78 is 4.59. The topological polar surface area (TPSA) is 88.1 Å². The Morgan fingerprint density at radius 2 is 2.17 bits per heavy atom. The Morgan fingerprint density at radius 3 is 2.67 bits per heavy atom. The second kappa shape index (κ2) is 6.13. The number of carbonyl (C=O) groups excluding carboxylic acids is 3. The standard InChI is InChI=1S/C11H17N3O4/c1-7(11(17)18-3)6-14(2)10(16)8-4-5-9(15)13-12-8/h7H,4-6H2,1-3H3,(H,13,15). The Labute approximate surface area is 105 Å². The molecule has 0 aromatic rings. The van der Waals surface area contributed by atoms with Gasteiger partial charge in [0.15, 0.2) is 0 Å². The van der Waals surface area contributed by atoms with Gasteiger partial charge in [0.05, 0.1) is 13.0 Å². The molecular weight excluding hydrogens is 238 g/mol. The van der Waals surface area contributed by atoms with Gasteiger partial charge in [-0.15, -0.1) is 0 Å². The molecule has 0 aliphatic carbocycles. The first-order valence-corrected chi connectivity index (χ1v) is 5.64. The Hall–Kier alpha value is -1.92. The molecule has 2 amide bonds. The van der Waals surface area contributed by atoms with E-state index < -0.39 is 5.92 Å². The van der Waals surface area contributed by atoms with Gasteiger partial charge >= 0.3 is 5.97 Å². The van der Waals surface area contributed by atoms with Crippen molar-refractivity contribution in [2.24, 2.45) is 11.0 Å². The summed E-state index contributed by atoms with van der Waals surface area (Å²) in [4.78, 5) is 35.5. The van der Waals surface area contributed by atoms with E-state index in [0.717, 1.165) is 0 Å². The van der Waals surface area contributed by atoms with E-state index in [2.05, 4.69) is 15.3 Å². The number of hydrazone groups is 1. The number of amides is 2. The van der Waals surface area contributed by atoms with Gasteiger partial charge in [0.25, 0.3) is 5.91 Å². The first-order valence-electron chi connectivity index (χ1n) is 5.64. The highest BCUT2D eigenvalue weighted by Crippen LogP contribution is 2.06. The van der Waals surface area contributed by atoms with E-state index in [9.17, 15) is 14.4 Å². The summed E-state index contributed by atoms with van der Waals surface area (Å²) in [5, 5.41) is 3.71. The molecule has 0 aromatic heterocycles. The number of hydrogen-bond acceptors (Lipinski definition) is 5. The van der Waals surface area contributed by atoms with Gasteiger partial charge < -0.3 is 9.64 Å². The number of esters is 1. The zero-order valence-corrected chi connectivity index (χ0v) is 10.7. The highest BCUT2D eigenvalue weighted by Gasteiger charge is 2.24. The van der Waals surface area contributed by atoms with Crippen molar-refractivity contribution in [1.29, 1.82) is 0 Å². The molecule has 0 fully saturated rings. The Bertz CT molecular complexity index is 392. The maximum absolute atomic E-state index is 11.9. The maximum atomic E-state index is 11.9. The summed E-state index contributed by atoms with van der Waals surface area (Å²) in [5.74, 6) is -1.25. The number of carbonyl (C=O) groups is 3. The fourth-order valence-corrected chi connectivity index (χ4v) is 1.62. The number of rotatable bonds is 4. The van der Waals surface area contributed by atoms with Crippen LogP contribution in [-0.2, 0) is 19.1 Å². The van der Waals surface area contributed by atoms with Crippen molar-refractivity contribution in [2.45, 2.75) is 19.8 Å². The van der Waals surface area contributed by atoms with Crippen LogP contribution in [0.1, 0.15) is 19.8 Å². The molecule has 0 radical (unpaired) electrons. The average Bonchev–Trinajstić information content (AvgIpc) is 2.37. The summed E-state index contributed by atoms with van der Waals surface area (Å²) in [5.41, 5.74) is 2.57. The number of nitrogens with one attached hydrogen (secondary N) is 1. The third kappa shape index (κ3) is 3.54. The summed E-state index contributed by atoms with van der Waals surface area (Å²) in [6.45, 7) is 1.93. The van der Waals surface area contributed by atoms with Gasteiger partial charge in [-0.3, -0.25) is 14.4 Å². The molecule has 0 spiro atoms. The van der Waals surface area contributed by atoms with Gasteiger partial charge in [-0.25, -0.2) is 5.43 Å². The van der Waals surface area contributed by atoms with Crippen molar-refractivity contribution in [2.75, 3.05) is 20.7 Å². The lowest BCUT2D eigenvalue weighted by Gasteiger charge is -2.22. The molecule has 7 heteroatoms. The van der Waals surface area contributed by atoms with Gasteiger partial charge in [0, 0.05) is 26.4 Å². The van der Waals surface area contributed by atoms with Crippen LogP contribution in [0.3, 0.4) is 0 Å². The number of hydrogen-bond donors (Lipinski definition) is 1. The number of methoxy groups -OCH3 is 1. The largest absolute Gasteiger partial charge is 0.469 e. The van der Waals surface area contributed by atoms with E-state index in [0.29, 0.717) is 12.1 Å². The average molecular weight is 255 g/mol. The first-order chi connectivity index (χ1) is 8.45. The molecule has 7 nitrogen and oxygen atoms in total. The third-order valence-corrected chi connectivity index (χ3v) is 2.65. The zero-order chi connectivity index (χ0) is 13.7. The molecule has 100 valence electrons. The molecule has 1 aliphatic heterocycles. The lowest BCUT2D eigenvalue weighted by Crippen LogP contribution is -2.41. The smallest absolute Gasteiger partial charge is 0.310 e. The SMILES string of the molecule is COC(=O)C(C)CN(C)C(=O)C1=NNC(=O)CC1. The van der Waals surface area contributed by atoms with E-state index in [1.807, 2.05) is 0 Å². The maximum Gasteiger partial charge on any atom is 0.310 e. The van der Waals surface area contributed by atoms with Gasteiger partial charge in [-0.05, 0) is 0 Å². The van der Waals surface area contributed by atoms with Crippen LogP contribution in [0.25, 0.3) is 0 Å². The highest BCUT2D eigenvalue weighted by atomic mass is 16.5. The quantitative estimate of drug-likeness (QED) is 0.687. The molecule has 18 heavy (non-hydrogen) atoms. The van der Waals surface area contributed by atoms with Crippen molar-refractivity contribution in [3.8, 4) is 0 Å². The molecule has 0 saturated carbocycles. The molecule has 1 aliphatic rings. The van der Waals surface area contributed by atoms with Gasteiger partial charge in [-0.2, -0.15) is 5.10 Å². The Morgan fingerprint density at radius 1 is 1.50 bits per heavy atom. The van der Waals surface area contributed by atoms with Crippen molar-refractivity contribution >= 4 is 23.5 Å². The van der Waals surface area contributed by atoms with Crippen LogP contribution in [0.5, 0.6) is 0 Å². The van der Waals surface area contributed by atoms with Gasteiger partial charge in [-0.1, -0.05) is 6.92 Å². The lowest BCUT2D eigenvalue weighted by molar-refractivity contribution is -0.145. The monoisotopic (exact) mass is 255 g/mol. The van der Waals surface area contributed by atoms with Gasteiger partial charge in [0.2, 0.25) is 5.91 Å². The highest BCUT2D eigenvalue weighted by molar-refractivity contribution is 6.39. The summed E-state index contributed by atoms with van der Waals surface area (Å²) >= 11 is 0. The second-order valence-electron chi connectivity index (χ2n) is 4.20. The molecule has 1 rings (SSSR count). The van der Waals surface area contributed by atoms with Crippen molar-refractivity contribution < 1.29 is 19.1 Å². The fraction of sp³-hybridized carbons (Fsp3) is 0.636. The first kappa shape index (κ1) is 14.1. The summed E-state index contributed by atoms with van der Waals surface area (Å²) in [7, 11) is 2.89. The van der Waals surface area contributed by atoms with Crippen LogP contribution in [-0.4, -0.2) is 49.1 Å². The van der Waals surface area contributed by atoms with Crippen LogP contribution in [0.2, 0.25) is 0 Å². The summed E-state index contributed by atoms with van der Waals surface area (Å²) in [6.07, 6.45) is 0.576. The second-order valence-corrected chi connectivity index (χ2v) is 4.20. The minimum atomic E-state index is -0.400. The normalized spacial score (nSPS) is 16.4.